The molecular formula is C10H11BrO4S. The topological polar surface area (TPSA) is 77.8 Å². The van der Waals surface area contributed by atoms with Crippen LogP contribution in [0.2, 0.25) is 0 Å². The molecule has 0 aliphatic carbocycles. The zero-order chi connectivity index (χ0) is 12.1. The van der Waals surface area contributed by atoms with Gasteiger partial charge < -0.3 is 15.3 Å². The summed E-state index contributed by atoms with van der Waals surface area (Å²) in [5.41, 5.74) is 0.201. The van der Waals surface area contributed by atoms with Crippen LogP contribution in [0.4, 0.5) is 0 Å². The molecule has 3 N–H and O–H groups in total. The quantitative estimate of drug-likeness (QED) is 0.720. The Labute approximate surface area is 105 Å². The lowest BCUT2D eigenvalue weighted by Crippen LogP contribution is -2.14. The van der Waals surface area contributed by atoms with Gasteiger partial charge in [0.05, 0.1) is 18.3 Å². The second kappa shape index (κ2) is 6.24. The molecule has 0 bridgehead atoms. The van der Waals surface area contributed by atoms with E-state index in [2.05, 4.69) is 15.9 Å². The van der Waals surface area contributed by atoms with Crippen LogP contribution < -0.4 is 0 Å². The van der Waals surface area contributed by atoms with Crippen molar-refractivity contribution in [3.8, 4) is 0 Å². The van der Waals surface area contributed by atoms with E-state index in [4.69, 9.17) is 15.3 Å². The third-order valence-corrected chi connectivity index (χ3v) is 3.62. The van der Waals surface area contributed by atoms with Gasteiger partial charge in [0, 0.05) is 15.1 Å². The fraction of sp³-hybridized carbons (Fsp3) is 0.300. The van der Waals surface area contributed by atoms with Crippen LogP contribution in [-0.2, 0) is 0 Å². The lowest BCUT2D eigenvalue weighted by Gasteiger charge is -2.07. The van der Waals surface area contributed by atoms with E-state index in [0.29, 0.717) is 10.2 Å². The molecule has 0 saturated carbocycles. The second-order valence-corrected chi connectivity index (χ2v) is 5.04. The molecule has 4 nitrogen and oxygen atoms in total. The summed E-state index contributed by atoms with van der Waals surface area (Å²) in [5.74, 6) is -0.617. The first kappa shape index (κ1) is 13.5. The van der Waals surface area contributed by atoms with Gasteiger partial charge in [-0.2, -0.15) is 0 Å². The van der Waals surface area contributed by atoms with Crippen molar-refractivity contribution in [2.24, 2.45) is 0 Å². The molecule has 1 aromatic carbocycles. The summed E-state index contributed by atoms with van der Waals surface area (Å²) in [4.78, 5) is 11.6. The van der Waals surface area contributed by atoms with Crippen LogP contribution >= 0.6 is 27.7 Å². The van der Waals surface area contributed by atoms with E-state index in [1.165, 1.54) is 17.8 Å². The molecule has 16 heavy (non-hydrogen) atoms. The largest absolute Gasteiger partial charge is 0.478 e. The molecule has 0 fully saturated rings. The Bertz CT molecular complexity index is 383. The lowest BCUT2D eigenvalue weighted by molar-refractivity contribution is 0.0696. The van der Waals surface area contributed by atoms with Gasteiger partial charge in [0.25, 0.3) is 0 Å². The van der Waals surface area contributed by atoms with Gasteiger partial charge in [0.2, 0.25) is 0 Å². The molecule has 1 rings (SSSR count). The van der Waals surface area contributed by atoms with Crippen molar-refractivity contribution in [3.05, 3.63) is 28.2 Å². The summed E-state index contributed by atoms with van der Waals surface area (Å²) in [5, 5.41) is 26.6. The highest BCUT2D eigenvalue weighted by Gasteiger charge is 2.09. The molecule has 0 aromatic heterocycles. The standard InChI is InChI=1S/C10H11BrO4S/c11-9-3-7(16-5-6(13)4-12)1-2-8(9)10(14)15/h1-3,6,12-13H,4-5H2,(H,14,15). The molecule has 0 heterocycles. The smallest absolute Gasteiger partial charge is 0.336 e. The second-order valence-electron chi connectivity index (χ2n) is 3.09. The van der Waals surface area contributed by atoms with E-state index in [9.17, 15) is 4.79 Å². The number of benzene rings is 1. The number of hydrogen-bond acceptors (Lipinski definition) is 4. The first-order valence-electron chi connectivity index (χ1n) is 4.49. The van der Waals surface area contributed by atoms with Crippen LogP contribution in [0.15, 0.2) is 27.6 Å². The minimum absolute atomic E-state index is 0.201. The maximum absolute atomic E-state index is 10.7. The Morgan fingerprint density at radius 1 is 1.50 bits per heavy atom. The van der Waals surface area contributed by atoms with Crippen molar-refractivity contribution in [1.82, 2.24) is 0 Å². The minimum atomic E-state index is -0.987. The van der Waals surface area contributed by atoms with E-state index >= 15 is 0 Å². The number of carboxylic acid groups (broad SMARTS) is 1. The zero-order valence-corrected chi connectivity index (χ0v) is 10.7. The van der Waals surface area contributed by atoms with Crippen molar-refractivity contribution < 1.29 is 20.1 Å². The van der Waals surface area contributed by atoms with Gasteiger partial charge in [0.15, 0.2) is 0 Å². The third kappa shape index (κ3) is 3.79. The highest BCUT2D eigenvalue weighted by atomic mass is 79.9. The molecule has 1 aromatic rings. The first-order valence-corrected chi connectivity index (χ1v) is 6.27. The van der Waals surface area contributed by atoms with Crippen LogP contribution in [0.25, 0.3) is 0 Å². The third-order valence-electron chi connectivity index (χ3n) is 1.82. The van der Waals surface area contributed by atoms with Crippen LogP contribution in [0.3, 0.4) is 0 Å². The van der Waals surface area contributed by atoms with Crippen LogP contribution in [0.1, 0.15) is 10.4 Å². The summed E-state index contributed by atoms with van der Waals surface area (Å²) in [7, 11) is 0. The number of aliphatic hydroxyl groups excluding tert-OH is 2. The first-order chi connectivity index (χ1) is 7.54. The van der Waals surface area contributed by atoms with E-state index in [-0.39, 0.29) is 12.2 Å². The molecular weight excluding hydrogens is 296 g/mol. The summed E-state index contributed by atoms with van der Waals surface area (Å²) in [6.45, 7) is -0.276. The maximum atomic E-state index is 10.7. The number of carbonyl (C=O) groups is 1. The van der Waals surface area contributed by atoms with Gasteiger partial charge in [-0.3, -0.25) is 0 Å². The molecule has 6 heteroatoms. The van der Waals surface area contributed by atoms with Gasteiger partial charge in [0.1, 0.15) is 0 Å². The minimum Gasteiger partial charge on any atom is -0.478 e. The van der Waals surface area contributed by atoms with Crippen LogP contribution in [-0.4, -0.2) is 39.8 Å². The van der Waals surface area contributed by atoms with Gasteiger partial charge in [-0.05, 0) is 34.1 Å². The monoisotopic (exact) mass is 306 g/mol. The predicted molar refractivity (Wildman–Crippen MR) is 64.9 cm³/mol. The molecule has 0 radical (unpaired) electrons. The highest BCUT2D eigenvalue weighted by molar-refractivity contribution is 9.10. The number of aromatic carboxylic acids is 1. The molecule has 1 atom stereocenters. The molecule has 88 valence electrons. The van der Waals surface area contributed by atoms with Crippen LogP contribution in [0.5, 0.6) is 0 Å². The Morgan fingerprint density at radius 2 is 2.19 bits per heavy atom. The average molecular weight is 307 g/mol. The van der Waals surface area contributed by atoms with E-state index in [0.717, 1.165) is 4.90 Å². The number of carboxylic acids is 1. The highest BCUT2D eigenvalue weighted by Crippen LogP contribution is 2.25. The molecule has 0 aliphatic heterocycles. The summed E-state index contributed by atoms with van der Waals surface area (Å²) in [6.07, 6.45) is -0.761. The summed E-state index contributed by atoms with van der Waals surface area (Å²) >= 11 is 4.52. The lowest BCUT2D eigenvalue weighted by atomic mass is 10.2. The van der Waals surface area contributed by atoms with Crippen molar-refractivity contribution >= 4 is 33.7 Å². The molecule has 0 saturated heterocycles. The van der Waals surface area contributed by atoms with Crippen molar-refractivity contribution in [2.45, 2.75) is 11.0 Å². The Hall–Kier alpha value is -0.560. The Balaban J connectivity index is 2.70. The summed E-state index contributed by atoms with van der Waals surface area (Å²) in [6, 6.07) is 4.85. The van der Waals surface area contributed by atoms with E-state index in [1.807, 2.05) is 0 Å². The fourth-order valence-corrected chi connectivity index (χ4v) is 2.56. The Morgan fingerprint density at radius 3 is 2.69 bits per heavy atom. The van der Waals surface area contributed by atoms with Crippen molar-refractivity contribution in [1.29, 1.82) is 0 Å². The number of aliphatic hydroxyl groups is 2. The SMILES string of the molecule is O=C(O)c1ccc(SCC(O)CO)cc1Br. The Kier molecular flexibility index (Phi) is 5.27. The number of thioether (sulfide) groups is 1. The maximum Gasteiger partial charge on any atom is 0.336 e. The van der Waals surface area contributed by atoms with Crippen molar-refractivity contribution in [3.63, 3.8) is 0 Å². The average Bonchev–Trinajstić information content (AvgIpc) is 2.25. The molecule has 0 aliphatic rings. The predicted octanol–water partition coefficient (Wildman–Crippen LogP) is 1.59. The molecule has 0 spiro atoms. The van der Waals surface area contributed by atoms with Gasteiger partial charge in [-0.25, -0.2) is 4.79 Å². The van der Waals surface area contributed by atoms with E-state index < -0.39 is 12.1 Å². The molecule has 0 amide bonds. The molecule has 1 unspecified atom stereocenters. The summed E-state index contributed by atoms with van der Waals surface area (Å²) < 4.78 is 0.503. The van der Waals surface area contributed by atoms with Crippen molar-refractivity contribution in [2.75, 3.05) is 12.4 Å². The van der Waals surface area contributed by atoms with E-state index in [1.54, 1.807) is 12.1 Å². The normalized spacial score (nSPS) is 12.4. The fourth-order valence-electron chi connectivity index (χ4n) is 1.00. The zero-order valence-electron chi connectivity index (χ0n) is 8.26. The number of hydrogen-bond donors (Lipinski definition) is 3. The van der Waals surface area contributed by atoms with Gasteiger partial charge >= 0.3 is 5.97 Å². The van der Waals surface area contributed by atoms with Gasteiger partial charge in [-0.1, -0.05) is 0 Å². The van der Waals surface area contributed by atoms with Gasteiger partial charge in [-0.15, -0.1) is 11.8 Å². The van der Waals surface area contributed by atoms with Crippen LogP contribution in [0, 0.1) is 0 Å². The number of halogens is 1. The number of rotatable bonds is 5.